The Balaban J connectivity index is 2.91. The van der Waals surface area contributed by atoms with E-state index in [0.29, 0.717) is 11.4 Å². The van der Waals surface area contributed by atoms with Crippen molar-refractivity contribution < 1.29 is 5.11 Å². The van der Waals surface area contributed by atoms with Crippen LogP contribution in [0, 0.1) is 0 Å². The van der Waals surface area contributed by atoms with Gasteiger partial charge >= 0.3 is 0 Å². The first-order valence-corrected chi connectivity index (χ1v) is 3.05. The summed E-state index contributed by atoms with van der Waals surface area (Å²) in [6.07, 6.45) is 1.48. The Morgan fingerprint density at radius 2 is 2.36 bits per heavy atom. The van der Waals surface area contributed by atoms with Crippen molar-refractivity contribution >= 4 is 11.6 Å². The second kappa shape index (κ2) is 3.03. The molecule has 0 atom stereocenters. The predicted octanol–water partition coefficient (Wildman–Crippen LogP) is 0.896. The number of hydrazine groups is 1. The van der Waals surface area contributed by atoms with E-state index in [1.807, 2.05) is 0 Å². The van der Waals surface area contributed by atoms with Crippen molar-refractivity contribution in [3.05, 3.63) is 30.5 Å². The normalized spacial score (nSPS) is 9.18. The van der Waals surface area contributed by atoms with Gasteiger partial charge < -0.3 is 10.5 Å². The summed E-state index contributed by atoms with van der Waals surface area (Å²) in [6.45, 7) is 3.34. The fourth-order valence-corrected chi connectivity index (χ4v) is 0.650. The molecular weight excluding hydrogens is 142 g/mol. The van der Waals surface area contributed by atoms with Crippen LogP contribution in [0.15, 0.2) is 24.9 Å². The van der Waals surface area contributed by atoms with E-state index < -0.39 is 0 Å². The lowest BCUT2D eigenvalue weighted by Crippen LogP contribution is -2.08. The smallest absolute Gasteiger partial charge is 0.139 e. The minimum atomic E-state index is 0.000992. The second-order valence-corrected chi connectivity index (χ2v) is 2.02. The molecule has 4 nitrogen and oxygen atoms in total. The standard InChI is InChI=1S/C7H9N3O/c1-5(11)6-2-3-7(10-8)9-4-6/h2-4,11H,1,8H2,(H,9,10). The SMILES string of the molecule is C=C(O)c1ccc(NN)nc1. The minimum absolute atomic E-state index is 0.000992. The zero-order valence-electron chi connectivity index (χ0n) is 5.91. The van der Waals surface area contributed by atoms with Crippen molar-refractivity contribution in [3.8, 4) is 0 Å². The summed E-state index contributed by atoms with van der Waals surface area (Å²) in [5, 5.41) is 8.90. The van der Waals surface area contributed by atoms with Gasteiger partial charge in [0.05, 0.1) is 0 Å². The molecule has 0 aliphatic rings. The van der Waals surface area contributed by atoms with Gasteiger partial charge in [-0.15, -0.1) is 0 Å². The number of pyridine rings is 1. The van der Waals surface area contributed by atoms with Crippen LogP contribution >= 0.6 is 0 Å². The Labute approximate surface area is 64.3 Å². The van der Waals surface area contributed by atoms with Crippen molar-refractivity contribution in [2.45, 2.75) is 0 Å². The maximum Gasteiger partial charge on any atom is 0.139 e. The Kier molecular flexibility index (Phi) is 2.08. The predicted molar refractivity (Wildman–Crippen MR) is 43.7 cm³/mol. The summed E-state index contributed by atoms with van der Waals surface area (Å²) in [4.78, 5) is 3.86. The molecule has 0 radical (unpaired) electrons. The fraction of sp³-hybridized carbons (Fsp3) is 0. The summed E-state index contributed by atoms with van der Waals surface area (Å²) >= 11 is 0. The summed E-state index contributed by atoms with van der Waals surface area (Å²) in [5.74, 6) is 5.63. The first kappa shape index (κ1) is 7.56. The molecule has 0 spiro atoms. The van der Waals surface area contributed by atoms with Gasteiger partial charge in [-0.05, 0) is 12.1 Å². The maximum atomic E-state index is 8.90. The maximum absolute atomic E-state index is 8.90. The van der Waals surface area contributed by atoms with Crippen LogP contribution in [0.1, 0.15) is 5.56 Å². The minimum Gasteiger partial charge on any atom is -0.508 e. The number of anilines is 1. The van der Waals surface area contributed by atoms with E-state index in [-0.39, 0.29) is 5.76 Å². The van der Waals surface area contributed by atoms with Gasteiger partial charge in [0.25, 0.3) is 0 Å². The van der Waals surface area contributed by atoms with Gasteiger partial charge in [-0.1, -0.05) is 6.58 Å². The Morgan fingerprint density at radius 1 is 1.64 bits per heavy atom. The number of nitrogens with two attached hydrogens (primary N) is 1. The Hall–Kier alpha value is -1.55. The number of nitrogen functional groups attached to an aromatic ring is 1. The van der Waals surface area contributed by atoms with Crippen molar-refractivity contribution in [1.29, 1.82) is 0 Å². The van der Waals surface area contributed by atoms with Crippen molar-refractivity contribution in [3.63, 3.8) is 0 Å². The van der Waals surface area contributed by atoms with Crippen LogP contribution in [-0.4, -0.2) is 10.1 Å². The molecule has 0 fully saturated rings. The van der Waals surface area contributed by atoms with E-state index in [0.717, 1.165) is 0 Å². The quantitative estimate of drug-likeness (QED) is 0.333. The van der Waals surface area contributed by atoms with Crippen molar-refractivity contribution in [2.24, 2.45) is 5.84 Å². The number of hydrogen-bond donors (Lipinski definition) is 3. The third-order valence-electron chi connectivity index (χ3n) is 1.24. The molecule has 1 aromatic rings. The van der Waals surface area contributed by atoms with Crippen LogP contribution in [-0.2, 0) is 0 Å². The number of nitrogens with one attached hydrogen (secondary N) is 1. The topological polar surface area (TPSA) is 71.2 Å². The van der Waals surface area contributed by atoms with Crippen LogP contribution in [0.2, 0.25) is 0 Å². The summed E-state index contributed by atoms with van der Waals surface area (Å²) in [6, 6.07) is 3.32. The lowest BCUT2D eigenvalue weighted by Gasteiger charge is -1.99. The summed E-state index contributed by atoms with van der Waals surface area (Å²) < 4.78 is 0. The highest BCUT2D eigenvalue weighted by atomic mass is 16.3. The molecular formula is C7H9N3O. The summed E-state index contributed by atoms with van der Waals surface area (Å²) in [5.41, 5.74) is 2.96. The monoisotopic (exact) mass is 151 g/mol. The number of rotatable bonds is 2. The molecule has 1 rings (SSSR count). The Bertz CT molecular complexity index is 255. The van der Waals surface area contributed by atoms with Gasteiger partial charge in [-0.2, -0.15) is 0 Å². The van der Waals surface area contributed by atoms with Gasteiger partial charge in [-0.3, -0.25) is 0 Å². The van der Waals surface area contributed by atoms with Gasteiger partial charge in [0, 0.05) is 11.8 Å². The molecule has 0 amide bonds. The van der Waals surface area contributed by atoms with Crippen LogP contribution in [0.4, 0.5) is 5.82 Å². The molecule has 0 saturated carbocycles. The van der Waals surface area contributed by atoms with E-state index in [2.05, 4.69) is 17.0 Å². The zero-order valence-corrected chi connectivity index (χ0v) is 5.91. The van der Waals surface area contributed by atoms with Gasteiger partial charge in [-0.25, -0.2) is 10.8 Å². The number of hydrogen-bond acceptors (Lipinski definition) is 4. The van der Waals surface area contributed by atoms with E-state index >= 15 is 0 Å². The van der Waals surface area contributed by atoms with Gasteiger partial charge in [0.15, 0.2) is 0 Å². The number of aliphatic hydroxyl groups excluding tert-OH is 1. The number of nitrogens with zero attached hydrogens (tertiary/aromatic N) is 1. The molecule has 0 saturated heterocycles. The van der Waals surface area contributed by atoms with Crippen LogP contribution in [0.5, 0.6) is 0 Å². The second-order valence-electron chi connectivity index (χ2n) is 2.02. The van der Waals surface area contributed by atoms with E-state index in [1.54, 1.807) is 12.1 Å². The lowest BCUT2D eigenvalue weighted by atomic mass is 10.2. The first-order chi connectivity index (χ1) is 5.24. The molecule has 0 aliphatic carbocycles. The largest absolute Gasteiger partial charge is 0.508 e. The molecule has 11 heavy (non-hydrogen) atoms. The molecule has 0 aliphatic heterocycles. The van der Waals surface area contributed by atoms with Crippen LogP contribution in [0.3, 0.4) is 0 Å². The van der Waals surface area contributed by atoms with Crippen LogP contribution in [0.25, 0.3) is 5.76 Å². The summed E-state index contributed by atoms with van der Waals surface area (Å²) in [7, 11) is 0. The zero-order chi connectivity index (χ0) is 8.27. The average molecular weight is 151 g/mol. The van der Waals surface area contributed by atoms with Crippen molar-refractivity contribution in [1.82, 2.24) is 4.98 Å². The van der Waals surface area contributed by atoms with Crippen LogP contribution < -0.4 is 11.3 Å². The van der Waals surface area contributed by atoms with Crippen molar-refractivity contribution in [2.75, 3.05) is 5.43 Å². The number of aliphatic hydroxyl groups is 1. The third-order valence-corrected chi connectivity index (χ3v) is 1.24. The van der Waals surface area contributed by atoms with E-state index in [1.165, 1.54) is 6.20 Å². The molecule has 1 aromatic heterocycles. The third kappa shape index (κ3) is 1.68. The lowest BCUT2D eigenvalue weighted by molar-refractivity contribution is 0.513. The van der Waals surface area contributed by atoms with E-state index in [9.17, 15) is 0 Å². The highest BCUT2D eigenvalue weighted by molar-refractivity contribution is 5.56. The molecule has 0 unspecified atom stereocenters. The molecule has 0 bridgehead atoms. The Morgan fingerprint density at radius 3 is 2.73 bits per heavy atom. The molecule has 4 heteroatoms. The number of aromatic nitrogens is 1. The first-order valence-electron chi connectivity index (χ1n) is 3.05. The van der Waals surface area contributed by atoms with E-state index in [4.69, 9.17) is 10.9 Å². The fourth-order valence-electron chi connectivity index (χ4n) is 0.650. The molecule has 0 aromatic carbocycles. The average Bonchev–Trinajstić information content (AvgIpc) is 2.05. The highest BCUT2D eigenvalue weighted by Crippen LogP contribution is 2.09. The van der Waals surface area contributed by atoms with Gasteiger partial charge in [0.1, 0.15) is 11.6 Å². The molecule has 4 N–H and O–H groups in total. The highest BCUT2D eigenvalue weighted by Gasteiger charge is 1.95. The molecule has 58 valence electrons. The molecule has 1 heterocycles. The van der Waals surface area contributed by atoms with Gasteiger partial charge in [0.2, 0.25) is 0 Å².